The van der Waals surface area contributed by atoms with Gasteiger partial charge in [0.25, 0.3) is 5.91 Å². The molecule has 3 rings (SSSR count). The second-order valence-corrected chi connectivity index (χ2v) is 9.44. The Bertz CT molecular complexity index is 986. The van der Waals surface area contributed by atoms with E-state index in [0.29, 0.717) is 29.9 Å². The number of rotatable bonds is 6. The number of nitrogens with one attached hydrogen (secondary N) is 1. The molecule has 0 saturated heterocycles. The number of hydrogen-bond donors (Lipinski definition) is 1. The average molecular weight is 481 g/mol. The van der Waals surface area contributed by atoms with Crippen molar-refractivity contribution in [3.63, 3.8) is 0 Å². The lowest BCUT2D eigenvalue weighted by Gasteiger charge is -2.21. The van der Waals surface area contributed by atoms with Gasteiger partial charge in [-0.15, -0.1) is 0 Å². The highest BCUT2D eigenvalue weighted by Crippen LogP contribution is 2.35. The van der Waals surface area contributed by atoms with Gasteiger partial charge in [0.05, 0.1) is 28.3 Å². The molecule has 1 N–H and O–H groups in total. The van der Waals surface area contributed by atoms with Crippen molar-refractivity contribution in [3.8, 4) is 11.5 Å². The smallest absolute Gasteiger partial charge is 0.311 e. The van der Waals surface area contributed by atoms with Crippen LogP contribution < -0.4 is 14.8 Å². The highest BCUT2D eigenvalue weighted by Gasteiger charge is 2.33. The number of halogens is 2. The number of amides is 1. The average Bonchev–Trinajstić information content (AvgIpc) is 3.16. The summed E-state index contributed by atoms with van der Waals surface area (Å²) in [7, 11) is 1.53. The van der Waals surface area contributed by atoms with E-state index in [1.807, 2.05) is 20.8 Å². The molecule has 7 nitrogen and oxygen atoms in total. The highest BCUT2D eigenvalue weighted by molar-refractivity contribution is 6.39. The fourth-order valence-corrected chi connectivity index (χ4v) is 3.71. The van der Waals surface area contributed by atoms with E-state index in [4.69, 9.17) is 37.4 Å². The summed E-state index contributed by atoms with van der Waals surface area (Å²) in [6.07, 6.45) is 4.45. The number of hydrogen-bond acceptors (Lipinski definition) is 6. The molecule has 1 aliphatic rings. The summed E-state index contributed by atoms with van der Waals surface area (Å²) >= 11 is 12.2. The number of ether oxygens (including phenoxy) is 3. The van der Waals surface area contributed by atoms with Crippen LogP contribution in [-0.2, 0) is 9.53 Å². The molecule has 1 aliphatic carbocycles. The maximum atomic E-state index is 12.8. The van der Waals surface area contributed by atoms with Gasteiger partial charge >= 0.3 is 5.97 Å². The minimum Gasteiger partial charge on any atom is -0.493 e. The van der Waals surface area contributed by atoms with E-state index in [9.17, 15) is 9.59 Å². The number of carbonyl (C=O) groups is 2. The van der Waals surface area contributed by atoms with Crippen LogP contribution in [0.4, 0.5) is 5.69 Å². The van der Waals surface area contributed by atoms with E-state index in [1.165, 1.54) is 19.5 Å². The lowest BCUT2D eigenvalue weighted by atomic mass is 9.97. The standard InChI is InChI=1S/C23H26Cl2N2O5/c1-23(2,3)22(29)32-15-7-6-14(10-15)31-19-9-13(5-8-18(19)30-4)21(28)27-20-16(24)11-26-12-17(20)25/h5,8-9,11-12,14-15H,6-7,10H2,1-4H3,(H,26,27,28). The van der Waals surface area contributed by atoms with Crippen LogP contribution in [0, 0.1) is 5.41 Å². The minimum absolute atomic E-state index is 0.163. The Hall–Kier alpha value is -2.51. The summed E-state index contributed by atoms with van der Waals surface area (Å²) in [5.41, 5.74) is 0.0779. The van der Waals surface area contributed by atoms with Crippen molar-refractivity contribution in [2.24, 2.45) is 5.41 Å². The molecule has 0 radical (unpaired) electrons. The Morgan fingerprint density at radius 1 is 1.06 bits per heavy atom. The maximum absolute atomic E-state index is 12.8. The van der Waals surface area contributed by atoms with Crippen LogP contribution >= 0.6 is 23.2 Å². The van der Waals surface area contributed by atoms with Crippen LogP contribution in [0.3, 0.4) is 0 Å². The van der Waals surface area contributed by atoms with Crippen molar-refractivity contribution in [2.45, 2.75) is 52.2 Å². The van der Waals surface area contributed by atoms with Crippen molar-refractivity contribution in [3.05, 3.63) is 46.2 Å². The molecule has 1 saturated carbocycles. The first-order valence-electron chi connectivity index (χ1n) is 10.2. The SMILES string of the molecule is COc1ccc(C(=O)Nc2c(Cl)cncc2Cl)cc1OC1CCC(OC(=O)C(C)(C)C)C1. The molecule has 1 amide bonds. The summed E-state index contributed by atoms with van der Waals surface area (Å²) in [6, 6.07) is 4.88. The number of pyridine rings is 1. The molecular weight excluding hydrogens is 455 g/mol. The van der Waals surface area contributed by atoms with E-state index in [0.717, 1.165) is 6.42 Å². The lowest BCUT2D eigenvalue weighted by Crippen LogP contribution is -2.27. The Balaban J connectivity index is 1.70. The molecule has 32 heavy (non-hydrogen) atoms. The van der Waals surface area contributed by atoms with Crippen molar-refractivity contribution in [1.29, 1.82) is 0 Å². The zero-order valence-electron chi connectivity index (χ0n) is 18.4. The van der Waals surface area contributed by atoms with E-state index >= 15 is 0 Å². The summed E-state index contributed by atoms with van der Waals surface area (Å²) in [5, 5.41) is 3.17. The normalized spacial score (nSPS) is 18.2. The van der Waals surface area contributed by atoms with Gasteiger partial charge in [0.15, 0.2) is 11.5 Å². The van der Waals surface area contributed by atoms with E-state index in [-0.39, 0.29) is 33.9 Å². The number of nitrogens with zero attached hydrogens (tertiary/aromatic N) is 1. The quantitative estimate of drug-likeness (QED) is 0.546. The van der Waals surface area contributed by atoms with Gasteiger partial charge in [0, 0.05) is 24.4 Å². The van der Waals surface area contributed by atoms with E-state index in [2.05, 4.69) is 10.3 Å². The first-order valence-corrected chi connectivity index (χ1v) is 11.0. The molecule has 172 valence electrons. The van der Waals surface area contributed by atoms with E-state index in [1.54, 1.807) is 18.2 Å². The third kappa shape index (κ3) is 5.84. The second-order valence-electron chi connectivity index (χ2n) is 8.63. The Kier molecular flexibility index (Phi) is 7.51. The van der Waals surface area contributed by atoms with Gasteiger partial charge in [-0.3, -0.25) is 14.6 Å². The molecule has 2 atom stereocenters. The molecule has 0 spiro atoms. The van der Waals surface area contributed by atoms with Crippen molar-refractivity contribution in [1.82, 2.24) is 4.98 Å². The molecule has 1 aromatic carbocycles. The van der Waals surface area contributed by atoms with Gasteiger partial charge in [0.1, 0.15) is 12.2 Å². The van der Waals surface area contributed by atoms with Crippen LogP contribution in [0.1, 0.15) is 50.4 Å². The third-order valence-electron chi connectivity index (χ3n) is 5.03. The number of benzene rings is 1. The zero-order chi connectivity index (χ0) is 23.5. The lowest BCUT2D eigenvalue weighted by molar-refractivity contribution is -0.158. The van der Waals surface area contributed by atoms with Gasteiger partial charge in [-0.25, -0.2) is 0 Å². The maximum Gasteiger partial charge on any atom is 0.311 e. The first-order chi connectivity index (χ1) is 15.1. The Morgan fingerprint density at radius 3 is 2.34 bits per heavy atom. The van der Waals surface area contributed by atoms with E-state index < -0.39 is 11.3 Å². The van der Waals surface area contributed by atoms with Gasteiger partial charge in [-0.1, -0.05) is 23.2 Å². The predicted octanol–water partition coefficient (Wildman–Crippen LogP) is 5.54. The summed E-state index contributed by atoms with van der Waals surface area (Å²) in [5.74, 6) is 0.292. The van der Waals surface area contributed by atoms with Crippen LogP contribution in [0.5, 0.6) is 11.5 Å². The third-order valence-corrected chi connectivity index (χ3v) is 5.61. The van der Waals surface area contributed by atoms with Crippen LogP contribution in [-0.4, -0.2) is 36.2 Å². The van der Waals surface area contributed by atoms with Crippen molar-refractivity contribution >= 4 is 40.8 Å². The van der Waals surface area contributed by atoms with Gasteiger partial charge < -0.3 is 19.5 Å². The molecule has 9 heteroatoms. The van der Waals surface area contributed by atoms with Crippen molar-refractivity contribution < 1.29 is 23.8 Å². The van der Waals surface area contributed by atoms with Crippen LogP contribution in [0.2, 0.25) is 10.0 Å². The number of esters is 1. The monoisotopic (exact) mass is 480 g/mol. The fourth-order valence-electron chi connectivity index (χ4n) is 3.25. The topological polar surface area (TPSA) is 86.8 Å². The summed E-state index contributed by atoms with van der Waals surface area (Å²) < 4.78 is 17.1. The molecule has 1 aromatic heterocycles. The molecule has 1 fully saturated rings. The Labute approximate surface area is 197 Å². The van der Waals surface area contributed by atoms with Gasteiger partial charge in [0.2, 0.25) is 0 Å². The highest BCUT2D eigenvalue weighted by atomic mass is 35.5. The van der Waals surface area contributed by atoms with Crippen LogP contribution in [0.25, 0.3) is 0 Å². The molecular formula is C23H26Cl2N2O5. The predicted molar refractivity (Wildman–Crippen MR) is 123 cm³/mol. The number of anilines is 1. The second kappa shape index (κ2) is 9.96. The Morgan fingerprint density at radius 2 is 1.72 bits per heavy atom. The van der Waals surface area contributed by atoms with Crippen LogP contribution in [0.15, 0.2) is 30.6 Å². The summed E-state index contributed by atoms with van der Waals surface area (Å²) in [4.78, 5) is 28.8. The molecule has 0 bridgehead atoms. The van der Waals surface area contributed by atoms with Gasteiger partial charge in [-0.2, -0.15) is 0 Å². The number of aromatic nitrogens is 1. The van der Waals surface area contributed by atoms with Crippen molar-refractivity contribution in [2.75, 3.05) is 12.4 Å². The number of methoxy groups -OCH3 is 1. The first kappa shape index (κ1) is 24.1. The molecule has 1 heterocycles. The largest absolute Gasteiger partial charge is 0.493 e. The minimum atomic E-state index is -0.551. The summed E-state index contributed by atoms with van der Waals surface area (Å²) in [6.45, 7) is 5.48. The molecule has 2 aromatic rings. The zero-order valence-corrected chi connectivity index (χ0v) is 19.9. The fraction of sp³-hybridized carbons (Fsp3) is 0.435. The molecule has 2 unspecified atom stereocenters. The number of carbonyl (C=O) groups excluding carboxylic acids is 2. The molecule has 0 aliphatic heterocycles. The van der Waals surface area contributed by atoms with Gasteiger partial charge in [-0.05, 0) is 51.8 Å².